The Morgan fingerprint density at radius 1 is 0.512 bits per heavy atom. The number of hydrogen-bond donors (Lipinski definition) is 0. The van der Waals surface area contributed by atoms with Crippen molar-refractivity contribution < 1.29 is 0 Å². The minimum absolute atomic E-state index is 0.157. The molecular weight excluding hydrogens is 520 g/mol. The third-order valence-corrected chi connectivity index (χ3v) is 8.64. The number of hydrogen-bond acceptors (Lipinski definition) is 2. The molecule has 0 saturated carbocycles. The largest absolute Gasteiger partial charge is 0.228 e. The molecule has 0 bridgehead atoms. The molecule has 2 heteroatoms. The van der Waals surface area contributed by atoms with Crippen LogP contribution < -0.4 is 0 Å². The molecule has 208 valence electrons. The standard InChI is InChI=1S/C41H34N2/c1-41(2,36-23-19-30(20-24-36)35-18-17-29-11-9-10-16-34(29)27-35)37-25-21-33(22-26-37)40-42-38(31-12-5-3-6-13-31)28-39(43-40)32-14-7-4-8-15-32/h3,5-7,9-28H,4,8H2,1-2H3. The van der Waals surface area contributed by atoms with E-state index in [9.17, 15) is 0 Å². The molecule has 0 amide bonds. The van der Waals surface area contributed by atoms with Gasteiger partial charge < -0.3 is 0 Å². The summed E-state index contributed by atoms with van der Waals surface area (Å²) in [6, 6.07) is 45.5. The van der Waals surface area contributed by atoms with E-state index in [1.165, 1.54) is 33.0 Å². The molecular formula is C41H34N2. The molecule has 0 unspecified atom stereocenters. The maximum atomic E-state index is 5.03. The second-order valence-corrected chi connectivity index (χ2v) is 11.8. The lowest BCUT2D eigenvalue weighted by atomic mass is 9.77. The van der Waals surface area contributed by atoms with Crippen LogP contribution in [0.4, 0.5) is 0 Å². The van der Waals surface area contributed by atoms with Crippen LogP contribution in [-0.4, -0.2) is 9.97 Å². The van der Waals surface area contributed by atoms with E-state index < -0.39 is 0 Å². The Morgan fingerprint density at radius 3 is 1.84 bits per heavy atom. The van der Waals surface area contributed by atoms with Gasteiger partial charge in [-0.3, -0.25) is 0 Å². The molecule has 1 aliphatic rings. The molecule has 0 aliphatic heterocycles. The molecule has 6 aromatic rings. The van der Waals surface area contributed by atoms with Gasteiger partial charge in [-0.05, 0) is 63.6 Å². The average molecular weight is 555 g/mol. The highest BCUT2D eigenvalue weighted by Gasteiger charge is 2.23. The van der Waals surface area contributed by atoms with Crippen molar-refractivity contribution in [1.82, 2.24) is 9.97 Å². The van der Waals surface area contributed by atoms with E-state index in [1.807, 2.05) is 6.07 Å². The molecule has 0 radical (unpaired) electrons. The molecule has 43 heavy (non-hydrogen) atoms. The maximum absolute atomic E-state index is 5.03. The molecule has 7 rings (SSSR count). The van der Waals surface area contributed by atoms with Crippen molar-refractivity contribution in [3.05, 3.63) is 162 Å². The summed E-state index contributed by atoms with van der Waals surface area (Å²) in [6.07, 6.45) is 8.80. The van der Waals surface area contributed by atoms with Gasteiger partial charge >= 0.3 is 0 Å². The monoisotopic (exact) mass is 554 g/mol. The highest BCUT2D eigenvalue weighted by Crippen LogP contribution is 2.35. The van der Waals surface area contributed by atoms with E-state index >= 15 is 0 Å². The number of allylic oxidation sites excluding steroid dienone is 4. The lowest BCUT2D eigenvalue weighted by Crippen LogP contribution is -2.18. The molecule has 0 atom stereocenters. The van der Waals surface area contributed by atoms with Gasteiger partial charge in [0.2, 0.25) is 0 Å². The first-order chi connectivity index (χ1) is 21.0. The van der Waals surface area contributed by atoms with Crippen molar-refractivity contribution in [2.75, 3.05) is 0 Å². The van der Waals surface area contributed by atoms with Gasteiger partial charge in [-0.1, -0.05) is 147 Å². The van der Waals surface area contributed by atoms with Crippen LogP contribution in [0, 0.1) is 0 Å². The Kier molecular flexibility index (Phi) is 7.04. The van der Waals surface area contributed by atoms with Crippen molar-refractivity contribution >= 4 is 16.3 Å². The van der Waals surface area contributed by atoms with Crippen LogP contribution in [0.25, 0.3) is 50.1 Å². The minimum atomic E-state index is -0.157. The van der Waals surface area contributed by atoms with Gasteiger partial charge in [0.05, 0.1) is 11.4 Å². The van der Waals surface area contributed by atoms with Crippen LogP contribution in [0.1, 0.15) is 43.5 Å². The molecule has 0 fully saturated rings. The van der Waals surface area contributed by atoms with Crippen LogP contribution >= 0.6 is 0 Å². The topological polar surface area (TPSA) is 25.8 Å². The Balaban J connectivity index is 1.18. The fourth-order valence-corrected chi connectivity index (χ4v) is 5.94. The molecule has 0 saturated heterocycles. The van der Waals surface area contributed by atoms with Gasteiger partial charge in [0.25, 0.3) is 0 Å². The fraction of sp³-hybridized carbons (Fsp3) is 0.122. The van der Waals surface area contributed by atoms with Gasteiger partial charge in [-0.2, -0.15) is 0 Å². The zero-order chi connectivity index (χ0) is 29.2. The smallest absolute Gasteiger partial charge is 0.160 e. The van der Waals surface area contributed by atoms with Crippen molar-refractivity contribution in [3.8, 4) is 33.8 Å². The molecule has 1 aliphatic carbocycles. The zero-order valence-electron chi connectivity index (χ0n) is 24.7. The second kappa shape index (κ2) is 11.3. The quantitative estimate of drug-likeness (QED) is 0.205. The van der Waals surface area contributed by atoms with Crippen molar-refractivity contribution in [1.29, 1.82) is 0 Å². The highest BCUT2D eigenvalue weighted by atomic mass is 14.9. The average Bonchev–Trinajstić information content (AvgIpc) is 3.09. The normalized spacial score (nSPS) is 13.2. The first kappa shape index (κ1) is 26.8. The van der Waals surface area contributed by atoms with E-state index in [0.29, 0.717) is 0 Å². The number of fused-ring (bicyclic) bond motifs is 1. The van der Waals surface area contributed by atoms with Crippen LogP contribution in [0.5, 0.6) is 0 Å². The summed E-state index contributed by atoms with van der Waals surface area (Å²) in [6.45, 7) is 4.58. The van der Waals surface area contributed by atoms with Crippen LogP contribution in [0.15, 0.2) is 146 Å². The van der Waals surface area contributed by atoms with Gasteiger partial charge in [0.15, 0.2) is 5.82 Å². The Labute approximate surface area is 254 Å². The number of aromatic nitrogens is 2. The Morgan fingerprint density at radius 2 is 1.14 bits per heavy atom. The van der Waals surface area contributed by atoms with Gasteiger partial charge in [-0.15, -0.1) is 0 Å². The predicted molar refractivity (Wildman–Crippen MR) is 181 cm³/mol. The van der Waals surface area contributed by atoms with Gasteiger partial charge in [0.1, 0.15) is 0 Å². The lowest BCUT2D eigenvalue weighted by Gasteiger charge is -2.26. The predicted octanol–water partition coefficient (Wildman–Crippen LogP) is 10.7. The van der Waals surface area contributed by atoms with E-state index in [1.54, 1.807) is 0 Å². The molecule has 0 N–H and O–H groups in total. The SMILES string of the molecule is CC(C)(c1ccc(-c2ccc3ccccc3c2)cc1)c1ccc(-c2nc(C3=CCCC=C3)cc(-c3ccccc3)n2)cc1. The summed E-state index contributed by atoms with van der Waals surface area (Å²) in [7, 11) is 0. The van der Waals surface area contributed by atoms with Crippen LogP contribution in [-0.2, 0) is 5.41 Å². The van der Waals surface area contributed by atoms with E-state index in [0.717, 1.165) is 46.8 Å². The fourth-order valence-electron chi connectivity index (χ4n) is 5.94. The summed E-state index contributed by atoms with van der Waals surface area (Å²) < 4.78 is 0. The van der Waals surface area contributed by atoms with Crippen molar-refractivity contribution in [2.24, 2.45) is 0 Å². The van der Waals surface area contributed by atoms with E-state index in [2.05, 4.69) is 153 Å². The van der Waals surface area contributed by atoms with Crippen molar-refractivity contribution in [2.45, 2.75) is 32.1 Å². The third kappa shape index (κ3) is 5.45. The number of nitrogens with zero attached hydrogens (tertiary/aromatic N) is 2. The van der Waals surface area contributed by atoms with E-state index in [-0.39, 0.29) is 5.41 Å². The maximum Gasteiger partial charge on any atom is 0.160 e. The lowest BCUT2D eigenvalue weighted by molar-refractivity contribution is 0.641. The van der Waals surface area contributed by atoms with Crippen LogP contribution in [0.3, 0.4) is 0 Å². The molecule has 0 spiro atoms. The third-order valence-electron chi connectivity index (χ3n) is 8.64. The molecule has 1 aromatic heterocycles. The molecule has 2 nitrogen and oxygen atoms in total. The number of rotatable bonds is 6. The van der Waals surface area contributed by atoms with Gasteiger partial charge in [0, 0.05) is 16.5 Å². The summed E-state index contributed by atoms with van der Waals surface area (Å²) in [5.74, 6) is 0.750. The summed E-state index contributed by atoms with van der Waals surface area (Å²) in [5, 5.41) is 2.53. The Hall–Kier alpha value is -5.08. The second-order valence-electron chi connectivity index (χ2n) is 11.8. The summed E-state index contributed by atoms with van der Waals surface area (Å²) >= 11 is 0. The first-order valence-corrected chi connectivity index (χ1v) is 15.1. The van der Waals surface area contributed by atoms with Crippen molar-refractivity contribution in [3.63, 3.8) is 0 Å². The first-order valence-electron chi connectivity index (χ1n) is 15.1. The Bertz CT molecular complexity index is 1960. The zero-order valence-corrected chi connectivity index (χ0v) is 24.7. The minimum Gasteiger partial charge on any atom is -0.228 e. The number of benzene rings is 5. The molecule has 5 aromatic carbocycles. The van der Waals surface area contributed by atoms with Gasteiger partial charge in [-0.25, -0.2) is 9.97 Å². The highest BCUT2D eigenvalue weighted by molar-refractivity contribution is 5.87. The van der Waals surface area contributed by atoms with E-state index in [4.69, 9.17) is 9.97 Å². The van der Waals surface area contributed by atoms with Crippen LogP contribution in [0.2, 0.25) is 0 Å². The summed E-state index contributed by atoms with van der Waals surface area (Å²) in [5.41, 5.74) is 10.0. The summed E-state index contributed by atoms with van der Waals surface area (Å²) in [4.78, 5) is 10.0. The molecule has 1 heterocycles.